The molecule has 2 fully saturated rings. The maximum absolute atomic E-state index is 13.4. The normalized spacial score (nSPS) is 20.8. The van der Waals surface area contributed by atoms with Gasteiger partial charge in [0.1, 0.15) is 22.2 Å². The van der Waals surface area contributed by atoms with Gasteiger partial charge in [0, 0.05) is 32.5 Å². The van der Waals surface area contributed by atoms with Crippen molar-refractivity contribution in [2.45, 2.75) is 42.0 Å². The highest BCUT2D eigenvalue weighted by molar-refractivity contribution is 7.91. The Bertz CT molecular complexity index is 1220. The molecular weight excluding hydrogens is 473 g/mol. The van der Waals surface area contributed by atoms with Gasteiger partial charge in [0.25, 0.3) is 15.2 Å². The third-order valence-electron chi connectivity index (χ3n) is 5.90. The summed E-state index contributed by atoms with van der Waals surface area (Å²) in [5.41, 5.74) is 0.701. The minimum Gasteiger partial charge on any atom is -0.467 e. The molecule has 32 heavy (non-hydrogen) atoms. The zero-order chi connectivity index (χ0) is 22.3. The largest absolute Gasteiger partial charge is 0.467 e. The summed E-state index contributed by atoms with van der Waals surface area (Å²) in [7, 11) is -3.65. The number of hydrogen-bond acceptors (Lipinski definition) is 7. The monoisotopic (exact) mass is 495 g/mol. The van der Waals surface area contributed by atoms with Crippen LogP contribution < -0.4 is 4.74 Å². The summed E-state index contributed by atoms with van der Waals surface area (Å²) in [5, 5.41) is 2.23. The van der Waals surface area contributed by atoms with Gasteiger partial charge in [-0.3, -0.25) is 4.79 Å². The number of rotatable bonds is 5. The summed E-state index contributed by atoms with van der Waals surface area (Å²) >= 11 is 2.48. The molecule has 1 aromatic carbocycles. The average molecular weight is 496 g/mol. The Labute approximate surface area is 193 Å². The van der Waals surface area contributed by atoms with Crippen LogP contribution >= 0.6 is 22.7 Å². The number of thiophene rings is 1. The molecule has 1 amide bonds. The van der Waals surface area contributed by atoms with E-state index in [4.69, 9.17) is 4.74 Å². The number of piperidine rings is 1. The van der Waals surface area contributed by atoms with Gasteiger partial charge in [-0.15, -0.1) is 11.3 Å². The van der Waals surface area contributed by atoms with Gasteiger partial charge in [0.2, 0.25) is 5.91 Å². The molecule has 4 heterocycles. The number of fused-ring (bicyclic) bond motifs is 1. The van der Waals surface area contributed by atoms with E-state index in [1.54, 1.807) is 28.5 Å². The molecule has 2 saturated heterocycles. The molecule has 0 bridgehead atoms. The molecule has 7 nitrogen and oxygen atoms in total. The second-order valence-electron chi connectivity index (χ2n) is 7.94. The Morgan fingerprint density at radius 3 is 2.72 bits per heavy atom. The van der Waals surface area contributed by atoms with Crippen molar-refractivity contribution >= 4 is 48.8 Å². The molecule has 5 rings (SSSR count). The van der Waals surface area contributed by atoms with Crippen molar-refractivity contribution in [2.24, 2.45) is 0 Å². The molecule has 2 aliphatic rings. The second-order valence-corrected chi connectivity index (χ2v) is 12.0. The van der Waals surface area contributed by atoms with Gasteiger partial charge in [0.15, 0.2) is 0 Å². The van der Waals surface area contributed by atoms with Crippen molar-refractivity contribution < 1.29 is 22.3 Å². The molecule has 0 saturated carbocycles. The second kappa shape index (κ2) is 8.69. The van der Waals surface area contributed by atoms with E-state index in [-0.39, 0.29) is 22.0 Å². The lowest BCUT2D eigenvalue weighted by Gasteiger charge is -2.34. The zero-order valence-corrected chi connectivity index (χ0v) is 19.6. The first-order chi connectivity index (χ1) is 15.4. The number of ether oxygens (including phenoxy) is 1. The number of halogens is 1. The summed E-state index contributed by atoms with van der Waals surface area (Å²) < 4.78 is 47.7. The summed E-state index contributed by atoms with van der Waals surface area (Å²) in [6.07, 6.45) is 2.42. The maximum atomic E-state index is 13.4. The van der Waals surface area contributed by atoms with Gasteiger partial charge < -0.3 is 9.64 Å². The summed E-state index contributed by atoms with van der Waals surface area (Å²) in [6, 6.07) is 7.10. The van der Waals surface area contributed by atoms with Crippen molar-refractivity contribution in [3.8, 4) is 5.19 Å². The number of thiazole rings is 1. The number of sulfonamides is 1. The van der Waals surface area contributed by atoms with E-state index in [0.717, 1.165) is 4.70 Å². The number of likely N-dealkylation sites (tertiary alicyclic amines) is 1. The smallest absolute Gasteiger partial charge is 0.274 e. The first kappa shape index (κ1) is 21.7. The Balaban J connectivity index is 1.21. The van der Waals surface area contributed by atoms with Gasteiger partial charge in [-0.1, -0.05) is 17.4 Å². The molecule has 2 aliphatic heterocycles. The SMILES string of the molecule is O=C(C1CCCN1S(=O)(=O)c1cccs1)N1CCC(Oc2nc3ccc(F)cc3s2)CC1. The number of carbonyl (C=O) groups excluding carboxylic acids is 1. The van der Waals surface area contributed by atoms with E-state index in [1.165, 1.54) is 39.1 Å². The Morgan fingerprint density at radius 1 is 1.16 bits per heavy atom. The molecule has 2 aromatic heterocycles. The molecule has 0 N–H and O–H groups in total. The predicted molar refractivity (Wildman–Crippen MR) is 121 cm³/mol. The highest BCUT2D eigenvalue weighted by Gasteiger charge is 2.42. The summed E-state index contributed by atoms with van der Waals surface area (Å²) in [5.74, 6) is -0.432. The third kappa shape index (κ3) is 4.14. The van der Waals surface area contributed by atoms with Gasteiger partial charge in [0.05, 0.1) is 10.2 Å². The maximum Gasteiger partial charge on any atom is 0.274 e. The molecule has 1 unspecified atom stereocenters. The predicted octanol–water partition coefficient (Wildman–Crippen LogP) is 3.72. The molecule has 3 aromatic rings. The minimum atomic E-state index is -3.65. The number of nitrogens with zero attached hydrogens (tertiary/aromatic N) is 3. The number of aromatic nitrogens is 1. The Morgan fingerprint density at radius 2 is 1.97 bits per heavy atom. The molecule has 170 valence electrons. The van der Waals surface area contributed by atoms with E-state index in [2.05, 4.69) is 4.98 Å². The summed E-state index contributed by atoms with van der Waals surface area (Å²) in [4.78, 5) is 19.3. The Kier molecular flexibility index (Phi) is 5.91. The van der Waals surface area contributed by atoms with Crippen LogP contribution in [0.3, 0.4) is 0 Å². The van der Waals surface area contributed by atoms with Crippen molar-refractivity contribution in [1.82, 2.24) is 14.2 Å². The van der Waals surface area contributed by atoms with Crippen LogP contribution in [0.4, 0.5) is 4.39 Å². The fourth-order valence-electron chi connectivity index (χ4n) is 4.28. The van der Waals surface area contributed by atoms with Crippen LogP contribution in [0, 0.1) is 5.82 Å². The van der Waals surface area contributed by atoms with Crippen LogP contribution in [0.1, 0.15) is 25.7 Å². The minimum absolute atomic E-state index is 0.0843. The molecule has 11 heteroatoms. The van der Waals surface area contributed by atoms with Gasteiger partial charge >= 0.3 is 0 Å². The fraction of sp³-hybridized carbons (Fsp3) is 0.429. The summed E-state index contributed by atoms with van der Waals surface area (Å²) in [6.45, 7) is 1.38. The van der Waals surface area contributed by atoms with Crippen LogP contribution in [0.2, 0.25) is 0 Å². The zero-order valence-electron chi connectivity index (χ0n) is 17.1. The molecule has 1 atom stereocenters. The van der Waals surface area contributed by atoms with E-state index in [9.17, 15) is 17.6 Å². The average Bonchev–Trinajstić information content (AvgIpc) is 3.53. The van der Waals surface area contributed by atoms with E-state index in [0.29, 0.717) is 56.0 Å². The highest BCUT2D eigenvalue weighted by Crippen LogP contribution is 2.32. The van der Waals surface area contributed by atoms with E-state index >= 15 is 0 Å². The van der Waals surface area contributed by atoms with Crippen LogP contribution in [-0.2, 0) is 14.8 Å². The van der Waals surface area contributed by atoms with Crippen molar-refractivity contribution in [2.75, 3.05) is 19.6 Å². The molecular formula is C21H22FN3O4S3. The first-order valence-electron chi connectivity index (χ1n) is 10.5. The fourth-order valence-corrected chi connectivity index (χ4v) is 7.95. The number of carbonyl (C=O) groups is 1. The van der Waals surface area contributed by atoms with Gasteiger partial charge in [-0.25, -0.2) is 17.8 Å². The third-order valence-corrected chi connectivity index (χ3v) is 10.1. The molecule has 0 radical (unpaired) electrons. The van der Waals surface area contributed by atoms with Crippen LogP contribution in [0.15, 0.2) is 39.9 Å². The van der Waals surface area contributed by atoms with Crippen LogP contribution in [0.5, 0.6) is 5.19 Å². The van der Waals surface area contributed by atoms with Gasteiger partial charge in [-0.05, 0) is 42.5 Å². The van der Waals surface area contributed by atoms with E-state index in [1.807, 2.05) is 0 Å². The first-order valence-corrected chi connectivity index (χ1v) is 13.6. The standard InChI is InChI=1S/C21H22FN3O4S3/c22-14-5-6-16-18(13-14)31-21(23-16)29-15-7-10-24(11-8-15)20(26)17-3-1-9-25(17)32(27,28)19-4-2-12-30-19/h2,4-6,12-13,15,17H,1,3,7-11H2. The molecule has 0 aliphatic carbocycles. The Hall–Kier alpha value is -2.08. The number of hydrogen-bond donors (Lipinski definition) is 0. The van der Waals surface area contributed by atoms with Crippen molar-refractivity contribution in [3.05, 3.63) is 41.5 Å². The number of benzene rings is 1. The van der Waals surface area contributed by atoms with Crippen LogP contribution in [0.25, 0.3) is 10.2 Å². The van der Waals surface area contributed by atoms with Crippen molar-refractivity contribution in [3.63, 3.8) is 0 Å². The quantitative estimate of drug-likeness (QED) is 0.539. The molecule has 0 spiro atoms. The van der Waals surface area contributed by atoms with Crippen LogP contribution in [-0.4, -0.2) is 60.3 Å². The lowest BCUT2D eigenvalue weighted by Crippen LogP contribution is -2.50. The van der Waals surface area contributed by atoms with E-state index < -0.39 is 16.1 Å². The highest BCUT2D eigenvalue weighted by atomic mass is 32.2. The van der Waals surface area contributed by atoms with Crippen molar-refractivity contribution in [1.29, 1.82) is 0 Å². The number of amides is 1. The van der Waals surface area contributed by atoms with Gasteiger partial charge in [-0.2, -0.15) is 4.31 Å². The lowest BCUT2D eigenvalue weighted by atomic mass is 10.1. The topological polar surface area (TPSA) is 79.8 Å². The lowest BCUT2D eigenvalue weighted by molar-refractivity contribution is -0.136.